The molecular weight excluding hydrogens is 701 g/mol. The number of aromatic nitrogens is 1. The van der Waals surface area contributed by atoms with Gasteiger partial charge in [0.1, 0.15) is 0 Å². The SMILES string of the molecule is CC1=CC=C(C(C)(C)C)CC1N(C1=CC(C)CC2=C1Cc1cc(C(C)(C)C)cc3c4c(n2c13)C(C)(C)C1CCCC=C41)C1CCC(C(C)(C)C)=CC1C1C=CCCC1. The van der Waals surface area contributed by atoms with Gasteiger partial charge in [-0.25, -0.2) is 0 Å². The molecule has 0 N–H and O–H groups in total. The lowest BCUT2D eigenvalue weighted by molar-refractivity contribution is 0.122. The normalized spacial score (nSPS) is 29.6. The molecule has 0 radical (unpaired) electrons. The van der Waals surface area contributed by atoms with E-state index in [-0.39, 0.29) is 21.7 Å². The number of benzene rings is 1. The molecule has 1 aliphatic heterocycles. The van der Waals surface area contributed by atoms with Crippen LogP contribution >= 0.6 is 0 Å². The molecule has 2 aromatic rings. The molecule has 0 fully saturated rings. The van der Waals surface area contributed by atoms with Crippen LogP contribution in [0.3, 0.4) is 0 Å². The molecule has 2 heterocycles. The van der Waals surface area contributed by atoms with Crippen LogP contribution in [0.15, 0.2) is 82.7 Å². The van der Waals surface area contributed by atoms with E-state index in [0.29, 0.717) is 35.8 Å². The topological polar surface area (TPSA) is 8.17 Å². The molecule has 1 aromatic heterocycles. The van der Waals surface area contributed by atoms with Gasteiger partial charge in [-0.3, -0.25) is 0 Å². The Kier molecular flexibility index (Phi) is 9.62. The molecule has 6 atom stereocenters. The van der Waals surface area contributed by atoms with Crippen molar-refractivity contribution in [1.82, 2.24) is 9.47 Å². The van der Waals surface area contributed by atoms with Crippen LogP contribution in [0, 0.1) is 34.5 Å². The summed E-state index contributed by atoms with van der Waals surface area (Å²) >= 11 is 0. The fourth-order valence-corrected chi connectivity index (χ4v) is 12.8. The van der Waals surface area contributed by atoms with E-state index in [9.17, 15) is 0 Å². The van der Waals surface area contributed by atoms with Crippen molar-refractivity contribution in [3.8, 4) is 0 Å². The van der Waals surface area contributed by atoms with Crippen molar-refractivity contribution in [2.45, 2.75) is 184 Å². The summed E-state index contributed by atoms with van der Waals surface area (Å²) in [6.07, 6.45) is 31.7. The average molecular weight is 777 g/mol. The van der Waals surface area contributed by atoms with Crippen LogP contribution < -0.4 is 0 Å². The third-order valence-electron chi connectivity index (χ3n) is 16.2. The molecule has 1 aromatic carbocycles. The van der Waals surface area contributed by atoms with Crippen molar-refractivity contribution in [2.75, 3.05) is 0 Å². The monoisotopic (exact) mass is 777 g/mol. The third kappa shape index (κ3) is 6.47. The van der Waals surface area contributed by atoms with E-state index in [2.05, 4.69) is 154 Å². The summed E-state index contributed by atoms with van der Waals surface area (Å²) in [4.78, 5) is 3.10. The molecule has 310 valence electrons. The number of allylic oxidation sites excluding steroid dienone is 10. The summed E-state index contributed by atoms with van der Waals surface area (Å²) < 4.78 is 2.91. The summed E-state index contributed by atoms with van der Waals surface area (Å²) in [7, 11) is 0. The Morgan fingerprint density at radius 1 is 0.810 bits per heavy atom. The molecule has 9 rings (SSSR count). The highest BCUT2D eigenvalue weighted by Crippen LogP contribution is 2.60. The number of fused-ring (bicyclic) bond motifs is 6. The minimum absolute atomic E-state index is 0.0776. The minimum Gasteiger partial charge on any atom is -0.361 e. The van der Waals surface area contributed by atoms with E-state index >= 15 is 0 Å². The molecule has 6 unspecified atom stereocenters. The second kappa shape index (κ2) is 13.9. The first kappa shape index (κ1) is 40.2. The molecular formula is C56H76N2. The van der Waals surface area contributed by atoms with Crippen LogP contribution in [0.1, 0.15) is 177 Å². The Labute approximate surface area is 353 Å². The smallest absolute Gasteiger partial charge is 0.0570 e. The zero-order valence-electron chi connectivity index (χ0n) is 38.8. The van der Waals surface area contributed by atoms with Crippen molar-refractivity contribution < 1.29 is 0 Å². The van der Waals surface area contributed by atoms with Crippen LogP contribution in [0.5, 0.6) is 0 Å². The standard InChI is InChI=1S/C56H76N2/c1-34-27-48(57(47-33-39(54(6,7)8)24-23-35(47)2)46-26-25-38(53(3,4)5)31-42(46)36-19-15-14-16-20-36)43-30-37-29-40(55(9,10)11)32-44-50-41-21-17-18-22-45(41)56(12,13)52(50)58(51(37)44)49(43)28-34/h15,19,21,23-24,27,29,31-32,34,36,42,45-47H,14,16-18,20,22,25-26,28,30,33H2,1-13H3. The van der Waals surface area contributed by atoms with Crippen molar-refractivity contribution in [3.63, 3.8) is 0 Å². The Hall–Kier alpha value is -3.26. The number of rotatable bonds is 4. The van der Waals surface area contributed by atoms with Gasteiger partial charge in [0.05, 0.1) is 11.6 Å². The molecule has 0 bridgehead atoms. The Morgan fingerprint density at radius 3 is 2.24 bits per heavy atom. The Bertz CT molecular complexity index is 2240. The molecule has 6 aliphatic carbocycles. The predicted octanol–water partition coefficient (Wildman–Crippen LogP) is 15.2. The van der Waals surface area contributed by atoms with Crippen molar-refractivity contribution >= 4 is 22.2 Å². The average Bonchev–Trinajstić information content (AvgIpc) is 3.63. The van der Waals surface area contributed by atoms with Crippen LogP contribution in [0.25, 0.3) is 22.2 Å². The quantitative estimate of drug-likeness (QED) is 0.281. The summed E-state index contributed by atoms with van der Waals surface area (Å²) in [6.45, 7) is 32.1. The van der Waals surface area contributed by atoms with E-state index in [1.807, 2.05) is 0 Å². The van der Waals surface area contributed by atoms with Gasteiger partial charge in [0, 0.05) is 51.8 Å². The van der Waals surface area contributed by atoms with Crippen molar-refractivity contribution in [1.29, 1.82) is 0 Å². The van der Waals surface area contributed by atoms with E-state index < -0.39 is 0 Å². The van der Waals surface area contributed by atoms with Gasteiger partial charge in [-0.2, -0.15) is 0 Å². The maximum absolute atomic E-state index is 3.10. The maximum Gasteiger partial charge on any atom is 0.0570 e. The highest BCUT2D eigenvalue weighted by Gasteiger charge is 2.50. The van der Waals surface area contributed by atoms with Gasteiger partial charge < -0.3 is 9.47 Å². The van der Waals surface area contributed by atoms with E-state index in [1.54, 1.807) is 50.5 Å². The number of hydrogen-bond acceptors (Lipinski definition) is 1. The number of nitrogens with zero attached hydrogens (tertiary/aromatic N) is 2. The van der Waals surface area contributed by atoms with Crippen LogP contribution in [0.2, 0.25) is 0 Å². The van der Waals surface area contributed by atoms with Gasteiger partial charge in [0.2, 0.25) is 0 Å². The van der Waals surface area contributed by atoms with Gasteiger partial charge in [0.25, 0.3) is 0 Å². The Balaban J connectivity index is 1.29. The largest absolute Gasteiger partial charge is 0.361 e. The molecule has 58 heavy (non-hydrogen) atoms. The summed E-state index contributed by atoms with van der Waals surface area (Å²) in [5, 5.41) is 1.54. The molecule has 0 saturated heterocycles. The van der Waals surface area contributed by atoms with Crippen LogP contribution in [-0.2, 0) is 17.3 Å². The zero-order chi connectivity index (χ0) is 41.3. The first-order valence-corrected chi connectivity index (χ1v) is 23.7. The van der Waals surface area contributed by atoms with E-state index in [1.165, 1.54) is 73.4 Å². The highest BCUT2D eigenvalue weighted by atomic mass is 15.2. The molecule has 0 spiro atoms. The Morgan fingerprint density at radius 2 is 1.55 bits per heavy atom. The van der Waals surface area contributed by atoms with Crippen molar-refractivity contribution in [3.05, 3.63) is 105 Å². The van der Waals surface area contributed by atoms with Gasteiger partial charge >= 0.3 is 0 Å². The first-order chi connectivity index (χ1) is 27.2. The van der Waals surface area contributed by atoms with Gasteiger partial charge in [0.15, 0.2) is 0 Å². The predicted molar refractivity (Wildman–Crippen MR) is 250 cm³/mol. The zero-order valence-corrected chi connectivity index (χ0v) is 38.8. The lowest BCUT2D eigenvalue weighted by Gasteiger charge is -2.52. The fraction of sp³-hybridized carbons (Fsp3) is 0.607. The van der Waals surface area contributed by atoms with Gasteiger partial charge in [-0.05, 0) is 133 Å². The lowest BCUT2D eigenvalue weighted by atomic mass is 9.68. The maximum atomic E-state index is 3.10. The molecule has 0 saturated carbocycles. The molecule has 7 aliphatic rings. The second-order valence-electron chi connectivity index (χ2n) is 23.7. The van der Waals surface area contributed by atoms with Crippen LogP contribution in [-0.4, -0.2) is 21.6 Å². The third-order valence-corrected chi connectivity index (χ3v) is 16.2. The summed E-state index contributed by atoms with van der Waals surface area (Å²) in [6, 6.07) is 6.05. The second-order valence-corrected chi connectivity index (χ2v) is 23.7. The van der Waals surface area contributed by atoms with Crippen LogP contribution in [0.4, 0.5) is 0 Å². The summed E-state index contributed by atoms with van der Waals surface area (Å²) in [5.74, 6) is 2.16. The minimum atomic E-state index is 0.0776. The molecule has 0 amide bonds. The van der Waals surface area contributed by atoms with E-state index in [4.69, 9.17) is 0 Å². The van der Waals surface area contributed by atoms with Gasteiger partial charge in [-0.1, -0.05) is 148 Å². The molecule has 2 nitrogen and oxygen atoms in total. The fourth-order valence-electron chi connectivity index (χ4n) is 12.8. The van der Waals surface area contributed by atoms with Crippen molar-refractivity contribution in [2.24, 2.45) is 34.5 Å². The number of hydrogen-bond donors (Lipinski definition) is 0. The molecule has 2 heteroatoms. The van der Waals surface area contributed by atoms with Gasteiger partial charge in [-0.15, -0.1) is 0 Å². The van der Waals surface area contributed by atoms with E-state index in [0.717, 1.165) is 19.3 Å². The first-order valence-electron chi connectivity index (χ1n) is 23.7. The summed E-state index contributed by atoms with van der Waals surface area (Å²) in [5.41, 5.74) is 19.6. The highest BCUT2D eigenvalue weighted by molar-refractivity contribution is 6.03. The lowest BCUT2D eigenvalue weighted by Crippen LogP contribution is -2.51.